The topological polar surface area (TPSA) is 64.3 Å². The average Bonchev–Trinajstić information content (AvgIpc) is 2.78. The number of ether oxygens (including phenoxy) is 1. The van der Waals surface area contributed by atoms with Crippen molar-refractivity contribution in [2.45, 2.75) is 33.2 Å². The molecular weight excluding hydrogens is 268 g/mol. The van der Waals surface area contributed by atoms with Crippen molar-refractivity contribution < 1.29 is 14.6 Å². The van der Waals surface area contributed by atoms with Crippen LogP contribution in [0.15, 0.2) is 24.3 Å². The number of aliphatic hydroxyl groups is 1. The van der Waals surface area contributed by atoms with Crippen LogP contribution < -0.4 is 0 Å². The zero-order valence-electron chi connectivity index (χ0n) is 12.7. The highest BCUT2D eigenvalue weighted by Gasteiger charge is 2.30. The van der Waals surface area contributed by atoms with E-state index in [1.807, 2.05) is 42.7 Å². The number of para-hydroxylation sites is 2. The van der Waals surface area contributed by atoms with E-state index >= 15 is 0 Å². The lowest BCUT2D eigenvalue weighted by Gasteiger charge is -2.20. The van der Waals surface area contributed by atoms with Crippen molar-refractivity contribution in [1.29, 1.82) is 0 Å². The molecule has 0 aliphatic heterocycles. The molecule has 0 aliphatic rings. The molecule has 5 heteroatoms. The van der Waals surface area contributed by atoms with Crippen molar-refractivity contribution in [2.24, 2.45) is 5.92 Å². The molecule has 0 bridgehead atoms. The molecule has 0 saturated heterocycles. The molecule has 1 aromatic carbocycles. The van der Waals surface area contributed by atoms with Crippen LogP contribution in [0.4, 0.5) is 0 Å². The Morgan fingerprint density at radius 2 is 2.10 bits per heavy atom. The summed E-state index contributed by atoms with van der Waals surface area (Å²) >= 11 is 0. The Morgan fingerprint density at radius 1 is 1.38 bits per heavy atom. The van der Waals surface area contributed by atoms with E-state index in [0.717, 1.165) is 11.0 Å². The zero-order valence-corrected chi connectivity index (χ0v) is 12.7. The molecule has 1 heterocycles. The van der Waals surface area contributed by atoms with Gasteiger partial charge in [-0.2, -0.15) is 0 Å². The number of benzene rings is 1. The second-order valence-corrected chi connectivity index (χ2v) is 5.31. The molecule has 1 aromatic heterocycles. The van der Waals surface area contributed by atoms with E-state index in [1.165, 1.54) is 0 Å². The third kappa shape index (κ3) is 3.08. The molecule has 1 unspecified atom stereocenters. The van der Waals surface area contributed by atoms with Gasteiger partial charge >= 0.3 is 5.97 Å². The summed E-state index contributed by atoms with van der Waals surface area (Å²) in [6.45, 7) is 6.52. The molecule has 1 N–H and O–H groups in total. The summed E-state index contributed by atoms with van der Waals surface area (Å²) in [6.07, 6.45) is 0. The maximum atomic E-state index is 12.3. The van der Waals surface area contributed by atoms with Crippen molar-refractivity contribution in [1.82, 2.24) is 9.55 Å². The van der Waals surface area contributed by atoms with E-state index in [1.54, 1.807) is 6.92 Å². The molecule has 0 amide bonds. The first-order valence-electron chi connectivity index (χ1n) is 7.32. The summed E-state index contributed by atoms with van der Waals surface area (Å²) in [7, 11) is 0. The monoisotopic (exact) mass is 290 g/mol. The Kier molecular flexibility index (Phi) is 4.96. The summed E-state index contributed by atoms with van der Waals surface area (Å²) in [5.74, 6) is 0.0444. The number of hydrogen-bond acceptors (Lipinski definition) is 4. The van der Waals surface area contributed by atoms with Crippen LogP contribution in [-0.2, 0) is 16.1 Å². The number of nitrogens with zero attached hydrogens (tertiary/aromatic N) is 2. The fraction of sp³-hybridized carbons (Fsp3) is 0.500. The van der Waals surface area contributed by atoms with Gasteiger partial charge in [0.25, 0.3) is 0 Å². The summed E-state index contributed by atoms with van der Waals surface area (Å²) < 4.78 is 7.11. The molecule has 0 spiro atoms. The number of fused-ring (bicyclic) bond motifs is 1. The van der Waals surface area contributed by atoms with E-state index in [9.17, 15) is 9.90 Å². The van der Waals surface area contributed by atoms with Crippen LogP contribution in [0.5, 0.6) is 0 Å². The quantitative estimate of drug-likeness (QED) is 0.829. The van der Waals surface area contributed by atoms with Crippen molar-refractivity contribution in [3.63, 3.8) is 0 Å². The Bertz CT molecular complexity index is 619. The summed E-state index contributed by atoms with van der Waals surface area (Å²) in [5, 5.41) is 9.32. The lowest BCUT2D eigenvalue weighted by atomic mass is 9.95. The highest BCUT2D eigenvalue weighted by molar-refractivity contribution is 5.81. The molecule has 21 heavy (non-hydrogen) atoms. The first-order valence-corrected chi connectivity index (χ1v) is 7.32. The molecule has 0 aliphatic carbocycles. The van der Waals surface area contributed by atoms with Crippen molar-refractivity contribution in [2.75, 3.05) is 13.2 Å². The number of rotatable bonds is 6. The number of aliphatic hydroxyl groups excluding tert-OH is 1. The number of imidazole rings is 1. The van der Waals surface area contributed by atoms with Gasteiger partial charge in [-0.05, 0) is 25.0 Å². The van der Waals surface area contributed by atoms with Gasteiger partial charge in [-0.25, -0.2) is 4.98 Å². The Labute approximate surface area is 124 Å². The predicted octanol–water partition coefficient (Wildman–Crippen LogP) is 2.33. The van der Waals surface area contributed by atoms with E-state index in [-0.39, 0.29) is 18.5 Å². The number of aromatic nitrogens is 2. The van der Waals surface area contributed by atoms with Gasteiger partial charge in [0.2, 0.25) is 0 Å². The first kappa shape index (κ1) is 15.5. The maximum absolute atomic E-state index is 12.3. The number of carbonyl (C=O) groups excluding carboxylic acids is 1. The molecule has 0 saturated carbocycles. The van der Waals surface area contributed by atoms with Crippen LogP contribution in [0.1, 0.15) is 32.5 Å². The van der Waals surface area contributed by atoms with Gasteiger partial charge < -0.3 is 14.4 Å². The van der Waals surface area contributed by atoms with Gasteiger partial charge in [0, 0.05) is 6.54 Å². The minimum absolute atomic E-state index is 0.000987. The van der Waals surface area contributed by atoms with Crippen molar-refractivity contribution in [3.05, 3.63) is 30.1 Å². The zero-order chi connectivity index (χ0) is 15.4. The average molecular weight is 290 g/mol. The number of hydrogen-bond donors (Lipinski definition) is 1. The van der Waals surface area contributed by atoms with Gasteiger partial charge in [0.05, 0.1) is 24.2 Å². The molecule has 5 nitrogen and oxygen atoms in total. The van der Waals surface area contributed by atoms with Crippen molar-refractivity contribution >= 4 is 17.0 Å². The second kappa shape index (κ2) is 6.72. The minimum atomic E-state index is -0.427. The maximum Gasteiger partial charge on any atom is 0.316 e. The molecule has 0 radical (unpaired) electrons. The smallest absolute Gasteiger partial charge is 0.316 e. The molecule has 0 fully saturated rings. The summed E-state index contributed by atoms with van der Waals surface area (Å²) in [4.78, 5) is 16.9. The second-order valence-electron chi connectivity index (χ2n) is 5.31. The SMILES string of the molecule is CCOC(=O)C(c1nc2ccccc2n1CCO)C(C)C. The van der Waals surface area contributed by atoms with Gasteiger partial charge in [-0.15, -0.1) is 0 Å². The molecule has 114 valence electrons. The third-order valence-electron chi connectivity index (χ3n) is 3.49. The Hall–Kier alpha value is -1.88. The lowest BCUT2D eigenvalue weighted by molar-refractivity contribution is -0.146. The Balaban J connectivity index is 2.55. The fourth-order valence-corrected chi connectivity index (χ4v) is 2.57. The van der Waals surface area contributed by atoms with Crippen LogP contribution in [0.2, 0.25) is 0 Å². The van der Waals surface area contributed by atoms with Crippen LogP contribution in [-0.4, -0.2) is 33.8 Å². The van der Waals surface area contributed by atoms with E-state index in [0.29, 0.717) is 19.0 Å². The van der Waals surface area contributed by atoms with E-state index < -0.39 is 5.92 Å². The molecule has 1 atom stereocenters. The molecule has 2 rings (SSSR count). The van der Waals surface area contributed by atoms with Gasteiger partial charge in [-0.1, -0.05) is 26.0 Å². The minimum Gasteiger partial charge on any atom is -0.465 e. The van der Waals surface area contributed by atoms with Gasteiger partial charge in [0.1, 0.15) is 11.7 Å². The fourth-order valence-electron chi connectivity index (χ4n) is 2.57. The highest BCUT2D eigenvalue weighted by Crippen LogP contribution is 2.28. The summed E-state index contributed by atoms with van der Waals surface area (Å²) in [5.41, 5.74) is 1.76. The normalized spacial score (nSPS) is 12.8. The lowest BCUT2D eigenvalue weighted by Crippen LogP contribution is -2.25. The van der Waals surface area contributed by atoms with Gasteiger partial charge in [0.15, 0.2) is 0 Å². The van der Waals surface area contributed by atoms with Crippen LogP contribution in [0, 0.1) is 5.92 Å². The largest absolute Gasteiger partial charge is 0.465 e. The number of esters is 1. The molecule has 2 aromatic rings. The predicted molar refractivity (Wildman–Crippen MR) is 81.0 cm³/mol. The van der Waals surface area contributed by atoms with Crippen molar-refractivity contribution in [3.8, 4) is 0 Å². The summed E-state index contributed by atoms with van der Waals surface area (Å²) in [6, 6.07) is 7.70. The third-order valence-corrected chi connectivity index (χ3v) is 3.49. The van der Waals surface area contributed by atoms with Crippen LogP contribution >= 0.6 is 0 Å². The standard InChI is InChI=1S/C16H22N2O3/c1-4-21-16(20)14(11(2)3)15-17-12-7-5-6-8-13(12)18(15)9-10-19/h5-8,11,14,19H,4,9-10H2,1-3H3. The van der Waals surface area contributed by atoms with E-state index in [4.69, 9.17) is 4.74 Å². The first-order chi connectivity index (χ1) is 10.1. The van der Waals surface area contributed by atoms with Gasteiger partial charge in [-0.3, -0.25) is 4.79 Å². The van der Waals surface area contributed by atoms with Crippen LogP contribution in [0.3, 0.4) is 0 Å². The highest BCUT2D eigenvalue weighted by atomic mass is 16.5. The number of carbonyl (C=O) groups is 1. The Morgan fingerprint density at radius 3 is 2.71 bits per heavy atom. The van der Waals surface area contributed by atoms with E-state index in [2.05, 4.69) is 4.98 Å². The molecular formula is C16H22N2O3. The van der Waals surface area contributed by atoms with Crippen LogP contribution in [0.25, 0.3) is 11.0 Å².